The van der Waals surface area contributed by atoms with Crippen LogP contribution in [0.3, 0.4) is 0 Å². The molecule has 0 saturated carbocycles. The highest BCUT2D eigenvalue weighted by atomic mass is 16.5. The molecule has 0 bridgehead atoms. The second kappa shape index (κ2) is 9.42. The molecule has 0 fully saturated rings. The van der Waals surface area contributed by atoms with Crippen molar-refractivity contribution in [1.82, 2.24) is 4.90 Å². The number of hydrogen-bond acceptors (Lipinski definition) is 3. The number of hydrogen-bond donors (Lipinski definition) is 1. The molecule has 102 valence electrons. The van der Waals surface area contributed by atoms with Gasteiger partial charge in [-0.25, -0.2) is 0 Å². The molecule has 0 aliphatic carbocycles. The number of amides is 1. The number of carbonyl (C=O) groups is 1. The van der Waals surface area contributed by atoms with Crippen LogP contribution in [-0.2, 0) is 9.53 Å². The first-order valence-corrected chi connectivity index (χ1v) is 6.63. The fraction of sp³-hybridized carbons (Fsp3) is 0.923. The summed E-state index contributed by atoms with van der Waals surface area (Å²) in [5, 5.41) is 0. The largest absolute Gasteiger partial charge is 0.385 e. The fourth-order valence-electron chi connectivity index (χ4n) is 1.68. The van der Waals surface area contributed by atoms with Crippen molar-refractivity contribution in [2.24, 2.45) is 5.73 Å². The second-order valence-electron chi connectivity index (χ2n) is 4.53. The second-order valence-corrected chi connectivity index (χ2v) is 4.53. The van der Waals surface area contributed by atoms with Gasteiger partial charge in [0.15, 0.2) is 0 Å². The number of ether oxygens (including phenoxy) is 1. The first-order chi connectivity index (χ1) is 8.08. The van der Waals surface area contributed by atoms with Crippen molar-refractivity contribution in [1.29, 1.82) is 0 Å². The van der Waals surface area contributed by atoms with Crippen molar-refractivity contribution in [3.63, 3.8) is 0 Å². The number of rotatable bonds is 9. The van der Waals surface area contributed by atoms with Crippen molar-refractivity contribution < 1.29 is 9.53 Å². The fourth-order valence-corrected chi connectivity index (χ4v) is 1.68. The number of methoxy groups -OCH3 is 1. The third-order valence-corrected chi connectivity index (χ3v) is 3.11. The number of nitrogens with zero attached hydrogens (tertiary/aromatic N) is 1. The number of unbranched alkanes of at least 4 members (excludes halogenated alkanes) is 1. The van der Waals surface area contributed by atoms with E-state index in [4.69, 9.17) is 10.5 Å². The highest BCUT2D eigenvalue weighted by Crippen LogP contribution is 2.09. The first kappa shape index (κ1) is 16.4. The molecule has 4 nitrogen and oxygen atoms in total. The zero-order chi connectivity index (χ0) is 13.3. The highest BCUT2D eigenvalue weighted by molar-refractivity contribution is 5.81. The molecule has 2 atom stereocenters. The molecule has 0 heterocycles. The van der Waals surface area contributed by atoms with E-state index in [-0.39, 0.29) is 11.9 Å². The minimum Gasteiger partial charge on any atom is -0.385 e. The number of nitrogens with two attached hydrogens (primary N) is 1. The van der Waals surface area contributed by atoms with E-state index >= 15 is 0 Å². The SMILES string of the molecule is CCCCN(C(=O)C(N)CCOC)C(C)CC. The summed E-state index contributed by atoms with van der Waals surface area (Å²) in [5.74, 6) is 0.0600. The van der Waals surface area contributed by atoms with E-state index in [1.54, 1.807) is 7.11 Å². The summed E-state index contributed by atoms with van der Waals surface area (Å²) in [5.41, 5.74) is 5.90. The van der Waals surface area contributed by atoms with Crippen LogP contribution >= 0.6 is 0 Å². The van der Waals surface area contributed by atoms with Crippen molar-refractivity contribution in [3.8, 4) is 0 Å². The Morgan fingerprint density at radius 1 is 1.41 bits per heavy atom. The molecule has 2 unspecified atom stereocenters. The average molecular weight is 244 g/mol. The van der Waals surface area contributed by atoms with Gasteiger partial charge in [-0.05, 0) is 26.2 Å². The Kier molecular flexibility index (Phi) is 9.09. The van der Waals surface area contributed by atoms with Crippen molar-refractivity contribution in [3.05, 3.63) is 0 Å². The third kappa shape index (κ3) is 6.03. The topological polar surface area (TPSA) is 55.6 Å². The van der Waals surface area contributed by atoms with Crippen LogP contribution in [0.15, 0.2) is 0 Å². The van der Waals surface area contributed by atoms with Crippen molar-refractivity contribution in [2.45, 2.75) is 58.5 Å². The standard InChI is InChI=1S/C13H28N2O2/c1-5-7-9-15(11(3)6-2)13(16)12(14)8-10-17-4/h11-12H,5-10,14H2,1-4H3. The van der Waals surface area contributed by atoms with Crippen molar-refractivity contribution >= 4 is 5.91 Å². The molecule has 0 aromatic carbocycles. The van der Waals surface area contributed by atoms with Gasteiger partial charge >= 0.3 is 0 Å². The minimum absolute atomic E-state index is 0.0600. The highest BCUT2D eigenvalue weighted by Gasteiger charge is 2.23. The van der Waals surface area contributed by atoms with Crippen LogP contribution in [0, 0.1) is 0 Å². The normalized spacial score (nSPS) is 14.4. The lowest BCUT2D eigenvalue weighted by molar-refractivity contribution is -0.135. The van der Waals surface area contributed by atoms with Gasteiger partial charge < -0.3 is 15.4 Å². The van der Waals surface area contributed by atoms with Crippen LogP contribution in [0.2, 0.25) is 0 Å². The lowest BCUT2D eigenvalue weighted by atomic mass is 10.1. The molecule has 1 amide bonds. The van der Waals surface area contributed by atoms with Gasteiger partial charge in [0.2, 0.25) is 5.91 Å². The van der Waals surface area contributed by atoms with Crippen LogP contribution < -0.4 is 5.73 Å². The summed E-state index contributed by atoms with van der Waals surface area (Å²) in [7, 11) is 1.63. The molecule has 0 aromatic rings. The molecule has 2 N–H and O–H groups in total. The molecule has 4 heteroatoms. The molecular formula is C13H28N2O2. The number of carbonyl (C=O) groups excluding carboxylic acids is 1. The first-order valence-electron chi connectivity index (χ1n) is 6.63. The molecule has 0 aliphatic rings. The molecule has 17 heavy (non-hydrogen) atoms. The van der Waals surface area contributed by atoms with Crippen LogP contribution in [0.5, 0.6) is 0 Å². The Hall–Kier alpha value is -0.610. The lowest BCUT2D eigenvalue weighted by Gasteiger charge is -2.31. The maximum Gasteiger partial charge on any atom is 0.239 e. The van der Waals surface area contributed by atoms with Gasteiger partial charge in [-0.15, -0.1) is 0 Å². The lowest BCUT2D eigenvalue weighted by Crippen LogP contribution is -2.48. The van der Waals surface area contributed by atoms with E-state index in [1.165, 1.54) is 0 Å². The summed E-state index contributed by atoms with van der Waals surface area (Å²) in [6, 6.07) is -0.163. The zero-order valence-electron chi connectivity index (χ0n) is 11.7. The third-order valence-electron chi connectivity index (χ3n) is 3.11. The molecule has 0 rings (SSSR count). The van der Waals surface area contributed by atoms with E-state index in [1.807, 2.05) is 4.90 Å². The molecule has 0 aromatic heterocycles. The van der Waals surface area contributed by atoms with Gasteiger partial charge in [0.1, 0.15) is 0 Å². The molecule has 0 saturated heterocycles. The average Bonchev–Trinajstić information content (AvgIpc) is 2.35. The van der Waals surface area contributed by atoms with Gasteiger partial charge in [-0.1, -0.05) is 20.3 Å². The van der Waals surface area contributed by atoms with Gasteiger partial charge in [-0.2, -0.15) is 0 Å². The van der Waals surface area contributed by atoms with Gasteiger partial charge in [-0.3, -0.25) is 4.79 Å². The summed E-state index contributed by atoms with van der Waals surface area (Å²) in [6.45, 7) is 7.65. The predicted octanol–water partition coefficient (Wildman–Crippen LogP) is 1.78. The summed E-state index contributed by atoms with van der Waals surface area (Å²) < 4.78 is 4.96. The van der Waals surface area contributed by atoms with Crippen LogP contribution in [0.1, 0.15) is 46.5 Å². The Morgan fingerprint density at radius 2 is 2.06 bits per heavy atom. The molecule has 0 spiro atoms. The summed E-state index contributed by atoms with van der Waals surface area (Å²) in [4.78, 5) is 14.1. The smallest absolute Gasteiger partial charge is 0.239 e. The van der Waals surface area contributed by atoms with E-state index in [2.05, 4.69) is 20.8 Å². The van der Waals surface area contributed by atoms with Gasteiger partial charge in [0.05, 0.1) is 6.04 Å². The Morgan fingerprint density at radius 3 is 2.53 bits per heavy atom. The predicted molar refractivity (Wildman–Crippen MR) is 70.8 cm³/mol. The van der Waals surface area contributed by atoms with E-state index in [0.717, 1.165) is 25.8 Å². The molecule has 0 radical (unpaired) electrons. The van der Waals surface area contributed by atoms with Crippen LogP contribution in [0.4, 0.5) is 0 Å². The maximum absolute atomic E-state index is 12.2. The Labute approximate surface area is 105 Å². The summed E-state index contributed by atoms with van der Waals surface area (Å²) >= 11 is 0. The van der Waals surface area contributed by atoms with Gasteiger partial charge in [0.25, 0.3) is 0 Å². The van der Waals surface area contributed by atoms with E-state index in [0.29, 0.717) is 13.0 Å². The van der Waals surface area contributed by atoms with E-state index < -0.39 is 6.04 Å². The van der Waals surface area contributed by atoms with Gasteiger partial charge in [0, 0.05) is 26.3 Å². The van der Waals surface area contributed by atoms with Crippen molar-refractivity contribution in [2.75, 3.05) is 20.3 Å². The maximum atomic E-state index is 12.2. The Bertz CT molecular complexity index is 210. The monoisotopic (exact) mass is 244 g/mol. The molecular weight excluding hydrogens is 216 g/mol. The molecule has 0 aliphatic heterocycles. The van der Waals surface area contributed by atoms with Crippen LogP contribution in [0.25, 0.3) is 0 Å². The van der Waals surface area contributed by atoms with Crippen LogP contribution in [-0.4, -0.2) is 43.2 Å². The summed E-state index contributed by atoms with van der Waals surface area (Å²) in [6.07, 6.45) is 3.68. The van der Waals surface area contributed by atoms with E-state index in [9.17, 15) is 4.79 Å². The Balaban J connectivity index is 4.39. The zero-order valence-corrected chi connectivity index (χ0v) is 11.7. The minimum atomic E-state index is -0.430. The quantitative estimate of drug-likeness (QED) is 0.672.